The first kappa shape index (κ1) is 16.5. The van der Waals surface area contributed by atoms with Crippen LogP contribution in [0.4, 0.5) is 5.69 Å². The quantitative estimate of drug-likeness (QED) is 0.790. The van der Waals surface area contributed by atoms with Crippen LogP contribution in [-0.4, -0.2) is 46.4 Å². The maximum Gasteiger partial charge on any atom is 0.253 e. The normalized spacial score (nSPS) is 19.1. The maximum atomic E-state index is 12.3. The second-order valence-corrected chi connectivity index (χ2v) is 6.78. The molecule has 1 heterocycles. The molecule has 0 aliphatic carbocycles. The molecule has 1 atom stereocenters. The zero-order valence-corrected chi connectivity index (χ0v) is 13.4. The molecule has 0 spiro atoms. The molecule has 0 radical (unpaired) electrons. The first-order valence-corrected chi connectivity index (χ1v) is 8.63. The van der Waals surface area contributed by atoms with Crippen LogP contribution in [0.25, 0.3) is 0 Å². The molecule has 22 heavy (non-hydrogen) atoms. The van der Waals surface area contributed by atoms with E-state index in [1.807, 2.05) is 6.92 Å². The Kier molecular flexibility index (Phi) is 5.20. The summed E-state index contributed by atoms with van der Waals surface area (Å²) in [5.41, 5.74) is 0.609. The first-order chi connectivity index (χ1) is 10.5. The highest BCUT2D eigenvalue weighted by atomic mass is 32.2. The van der Waals surface area contributed by atoms with Gasteiger partial charge in [0.05, 0.1) is 18.4 Å². The fourth-order valence-electron chi connectivity index (χ4n) is 2.30. The van der Waals surface area contributed by atoms with Crippen molar-refractivity contribution in [3.8, 4) is 5.75 Å². The van der Waals surface area contributed by atoms with Gasteiger partial charge in [-0.3, -0.25) is 4.79 Å². The molecule has 2 rings (SSSR count). The molecule has 1 amide bonds. The van der Waals surface area contributed by atoms with Gasteiger partial charge in [-0.25, -0.2) is 8.42 Å². The molecule has 0 saturated carbocycles. The standard InChI is InChI=1S/C15H19NO5S/c1-3-21-14-6-4-12(5-7-14)16(15(17)10-20-2)13-8-9-22(18,19)11-13/h4-9,13H,3,10-11H2,1-2H3. The van der Waals surface area contributed by atoms with Crippen molar-refractivity contribution in [2.24, 2.45) is 0 Å². The molecule has 1 aliphatic rings. The van der Waals surface area contributed by atoms with Crippen molar-refractivity contribution in [2.45, 2.75) is 13.0 Å². The number of hydrogen-bond acceptors (Lipinski definition) is 5. The second kappa shape index (κ2) is 6.93. The largest absolute Gasteiger partial charge is 0.494 e. The van der Waals surface area contributed by atoms with Crippen molar-refractivity contribution in [1.29, 1.82) is 0 Å². The number of carbonyl (C=O) groups excluding carboxylic acids is 1. The van der Waals surface area contributed by atoms with Gasteiger partial charge < -0.3 is 14.4 Å². The van der Waals surface area contributed by atoms with E-state index in [1.54, 1.807) is 24.3 Å². The average molecular weight is 325 g/mol. The monoisotopic (exact) mass is 325 g/mol. The molecule has 1 aliphatic heterocycles. The van der Waals surface area contributed by atoms with Gasteiger partial charge in [0.2, 0.25) is 0 Å². The fourth-order valence-corrected chi connectivity index (χ4v) is 3.57. The van der Waals surface area contributed by atoms with Crippen LogP contribution in [0.1, 0.15) is 6.92 Å². The van der Waals surface area contributed by atoms with E-state index in [0.717, 1.165) is 5.41 Å². The van der Waals surface area contributed by atoms with Crippen LogP contribution in [0.3, 0.4) is 0 Å². The Morgan fingerprint density at radius 3 is 2.50 bits per heavy atom. The number of hydrogen-bond donors (Lipinski definition) is 0. The summed E-state index contributed by atoms with van der Waals surface area (Å²) in [6.07, 6.45) is 1.53. The van der Waals surface area contributed by atoms with Gasteiger partial charge in [-0.15, -0.1) is 0 Å². The SMILES string of the molecule is CCOc1ccc(N(C(=O)COC)C2C=CS(=O)(=O)C2)cc1. The second-order valence-electron chi connectivity index (χ2n) is 4.85. The zero-order valence-electron chi connectivity index (χ0n) is 12.6. The zero-order chi connectivity index (χ0) is 16.2. The number of nitrogens with zero attached hydrogens (tertiary/aromatic N) is 1. The Morgan fingerprint density at radius 2 is 2.00 bits per heavy atom. The van der Waals surface area contributed by atoms with Gasteiger partial charge in [-0.1, -0.05) is 0 Å². The molecule has 6 nitrogen and oxygen atoms in total. The molecule has 0 N–H and O–H groups in total. The van der Waals surface area contributed by atoms with Gasteiger partial charge in [-0.2, -0.15) is 0 Å². The lowest BCUT2D eigenvalue weighted by Crippen LogP contribution is -2.43. The molecule has 0 aromatic heterocycles. The fraction of sp³-hybridized carbons (Fsp3) is 0.400. The Labute approximate surface area is 130 Å². The molecule has 1 unspecified atom stereocenters. The lowest BCUT2D eigenvalue weighted by Gasteiger charge is -2.27. The third kappa shape index (κ3) is 3.86. The molecule has 0 bridgehead atoms. The Morgan fingerprint density at radius 1 is 1.32 bits per heavy atom. The van der Waals surface area contributed by atoms with Crippen LogP contribution in [0.15, 0.2) is 35.7 Å². The summed E-state index contributed by atoms with van der Waals surface area (Å²) in [6, 6.07) is 6.44. The molecule has 120 valence electrons. The Bertz CT molecular complexity index is 651. The number of sulfone groups is 1. The molecule has 1 aromatic carbocycles. The van der Waals surface area contributed by atoms with Gasteiger partial charge in [-0.05, 0) is 37.3 Å². The van der Waals surface area contributed by atoms with Crippen molar-refractivity contribution in [3.05, 3.63) is 35.7 Å². The molecule has 0 fully saturated rings. The number of methoxy groups -OCH3 is 1. The predicted molar refractivity (Wildman–Crippen MR) is 83.7 cm³/mol. The summed E-state index contributed by atoms with van der Waals surface area (Å²) >= 11 is 0. The molecular formula is C15H19NO5S. The van der Waals surface area contributed by atoms with Gasteiger partial charge in [0, 0.05) is 18.2 Å². The number of carbonyl (C=O) groups is 1. The van der Waals surface area contributed by atoms with Crippen molar-refractivity contribution in [1.82, 2.24) is 0 Å². The van der Waals surface area contributed by atoms with E-state index in [-0.39, 0.29) is 18.3 Å². The van der Waals surface area contributed by atoms with Crippen LogP contribution < -0.4 is 9.64 Å². The minimum atomic E-state index is -3.25. The summed E-state index contributed by atoms with van der Waals surface area (Å²) in [7, 11) is -1.83. The lowest BCUT2D eigenvalue weighted by atomic mass is 10.2. The third-order valence-corrected chi connectivity index (χ3v) is 4.58. The molecule has 1 aromatic rings. The highest BCUT2D eigenvalue weighted by Gasteiger charge is 2.31. The first-order valence-electron chi connectivity index (χ1n) is 6.91. The highest BCUT2D eigenvalue weighted by molar-refractivity contribution is 7.94. The number of ether oxygens (including phenoxy) is 2. The number of benzene rings is 1. The van der Waals surface area contributed by atoms with Crippen molar-refractivity contribution >= 4 is 21.4 Å². The molecule has 0 saturated heterocycles. The van der Waals surface area contributed by atoms with Gasteiger partial charge >= 0.3 is 0 Å². The van der Waals surface area contributed by atoms with E-state index in [0.29, 0.717) is 18.0 Å². The molecular weight excluding hydrogens is 306 g/mol. The number of amides is 1. The highest BCUT2D eigenvalue weighted by Crippen LogP contribution is 2.25. The smallest absolute Gasteiger partial charge is 0.253 e. The van der Waals surface area contributed by atoms with E-state index < -0.39 is 15.9 Å². The summed E-state index contributed by atoms with van der Waals surface area (Å²) in [5.74, 6) is 0.286. The Balaban J connectivity index is 2.28. The summed E-state index contributed by atoms with van der Waals surface area (Å²) in [5, 5.41) is 1.15. The van der Waals surface area contributed by atoms with Crippen molar-refractivity contribution in [2.75, 3.05) is 31.0 Å². The van der Waals surface area contributed by atoms with Crippen LogP contribution in [0, 0.1) is 0 Å². The van der Waals surface area contributed by atoms with Crippen molar-refractivity contribution in [3.63, 3.8) is 0 Å². The van der Waals surface area contributed by atoms with Gasteiger partial charge in [0.1, 0.15) is 12.4 Å². The summed E-state index contributed by atoms with van der Waals surface area (Å²) in [4.78, 5) is 13.7. The number of rotatable bonds is 6. The van der Waals surface area contributed by atoms with Gasteiger partial charge in [0.15, 0.2) is 9.84 Å². The van der Waals surface area contributed by atoms with Crippen LogP contribution in [0.2, 0.25) is 0 Å². The van der Waals surface area contributed by atoms with E-state index in [9.17, 15) is 13.2 Å². The van der Waals surface area contributed by atoms with Crippen LogP contribution in [-0.2, 0) is 19.4 Å². The average Bonchev–Trinajstić information content (AvgIpc) is 2.82. The summed E-state index contributed by atoms with van der Waals surface area (Å²) in [6.45, 7) is 2.32. The topological polar surface area (TPSA) is 72.9 Å². The minimum Gasteiger partial charge on any atom is -0.494 e. The predicted octanol–water partition coefficient (Wildman–Crippen LogP) is 1.38. The minimum absolute atomic E-state index is 0.113. The van der Waals surface area contributed by atoms with Crippen LogP contribution >= 0.6 is 0 Å². The summed E-state index contributed by atoms with van der Waals surface area (Å²) < 4.78 is 33.5. The van der Waals surface area contributed by atoms with Crippen LogP contribution in [0.5, 0.6) is 5.75 Å². The van der Waals surface area contributed by atoms with E-state index >= 15 is 0 Å². The van der Waals surface area contributed by atoms with E-state index in [1.165, 1.54) is 18.1 Å². The maximum absolute atomic E-state index is 12.3. The van der Waals surface area contributed by atoms with Gasteiger partial charge in [0.25, 0.3) is 5.91 Å². The lowest BCUT2D eigenvalue weighted by molar-refractivity contribution is -0.122. The van der Waals surface area contributed by atoms with E-state index in [2.05, 4.69) is 0 Å². The van der Waals surface area contributed by atoms with E-state index in [4.69, 9.17) is 9.47 Å². The Hall–Kier alpha value is -1.86. The van der Waals surface area contributed by atoms with Crippen molar-refractivity contribution < 1.29 is 22.7 Å². The third-order valence-electron chi connectivity index (χ3n) is 3.21. The number of anilines is 1. The molecule has 7 heteroatoms.